The van der Waals surface area contributed by atoms with Crippen molar-refractivity contribution in [1.29, 1.82) is 0 Å². The van der Waals surface area contributed by atoms with E-state index in [0.29, 0.717) is 39.2 Å². The van der Waals surface area contributed by atoms with Gasteiger partial charge in [0.05, 0.1) is 10.6 Å². The van der Waals surface area contributed by atoms with Crippen LogP contribution in [0.3, 0.4) is 0 Å². The molecule has 0 aromatic heterocycles. The van der Waals surface area contributed by atoms with E-state index in [-0.39, 0.29) is 10.8 Å². The molecule has 0 spiro atoms. The normalized spacial score (nSPS) is 12.1. The molecule has 9 heteroatoms. The molecule has 3 aromatic rings. The predicted octanol–water partition coefficient (Wildman–Crippen LogP) is 5.90. The number of hydrogen-bond donors (Lipinski definition) is 2. The molecular weight excluding hydrogens is 471 g/mol. The van der Waals surface area contributed by atoms with Crippen LogP contribution >= 0.6 is 23.2 Å². The first-order valence-corrected chi connectivity index (χ1v) is 12.0. The summed E-state index contributed by atoms with van der Waals surface area (Å²) in [6.07, 6.45) is -0.294. The maximum absolute atomic E-state index is 12.7. The van der Waals surface area contributed by atoms with E-state index in [4.69, 9.17) is 27.9 Å². The second kappa shape index (κ2) is 10.3. The topological polar surface area (TPSA) is 84.5 Å². The van der Waals surface area contributed by atoms with Gasteiger partial charge in [-0.05, 0) is 73.5 Å². The van der Waals surface area contributed by atoms with Crippen molar-refractivity contribution in [2.75, 3.05) is 10.0 Å². The smallest absolute Gasteiger partial charge is 0.265 e. The van der Waals surface area contributed by atoms with Crippen LogP contribution in [-0.2, 0) is 14.8 Å². The highest BCUT2D eigenvalue weighted by Crippen LogP contribution is 2.26. The van der Waals surface area contributed by atoms with Gasteiger partial charge in [0, 0.05) is 15.7 Å². The van der Waals surface area contributed by atoms with Crippen LogP contribution in [0.5, 0.6) is 5.75 Å². The molecular formula is C23H22Cl2N2O4S. The number of carbonyl (C=O) groups is 1. The molecule has 0 aliphatic rings. The van der Waals surface area contributed by atoms with Crippen LogP contribution in [0, 0.1) is 6.92 Å². The van der Waals surface area contributed by atoms with Crippen LogP contribution in [0.4, 0.5) is 11.4 Å². The number of nitrogens with one attached hydrogen (secondary N) is 2. The number of sulfonamides is 1. The minimum Gasteiger partial charge on any atom is -0.481 e. The van der Waals surface area contributed by atoms with Gasteiger partial charge in [0.1, 0.15) is 5.75 Å². The van der Waals surface area contributed by atoms with E-state index in [9.17, 15) is 13.2 Å². The molecule has 6 nitrogen and oxygen atoms in total. The van der Waals surface area contributed by atoms with Gasteiger partial charge in [-0.1, -0.05) is 42.3 Å². The number of ether oxygens (including phenoxy) is 1. The van der Waals surface area contributed by atoms with Gasteiger partial charge < -0.3 is 10.1 Å². The van der Waals surface area contributed by atoms with Gasteiger partial charge in [-0.25, -0.2) is 8.42 Å². The number of carbonyl (C=O) groups excluding carboxylic acids is 1. The van der Waals surface area contributed by atoms with Crippen LogP contribution in [0.25, 0.3) is 0 Å². The van der Waals surface area contributed by atoms with Crippen LogP contribution in [0.2, 0.25) is 10.0 Å². The zero-order valence-electron chi connectivity index (χ0n) is 17.4. The first-order chi connectivity index (χ1) is 15.2. The van der Waals surface area contributed by atoms with Crippen LogP contribution in [0.1, 0.15) is 18.9 Å². The number of amides is 1. The summed E-state index contributed by atoms with van der Waals surface area (Å²) in [6, 6.07) is 17.7. The van der Waals surface area contributed by atoms with E-state index in [2.05, 4.69) is 10.0 Å². The number of halogens is 2. The second-order valence-electron chi connectivity index (χ2n) is 7.00. The summed E-state index contributed by atoms with van der Waals surface area (Å²) in [4.78, 5) is 12.7. The van der Waals surface area contributed by atoms with Crippen molar-refractivity contribution in [3.05, 3.63) is 82.3 Å². The molecule has 0 fully saturated rings. The fourth-order valence-electron chi connectivity index (χ4n) is 2.89. The molecule has 3 rings (SSSR count). The number of rotatable bonds is 8. The van der Waals surface area contributed by atoms with Crippen molar-refractivity contribution in [1.82, 2.24) is 0 Å². The number of hydrogen-bond acceptors (Lipinski definition) is 4. The van der Waals surface area contributed by atoms with Crippen LogP contribution in [0.15, 0.2) is 71.6 Å². The molecule has 168 valence electrons. The Morgan fingerprint density at radius 3 is 2.38 bits per heavy atom. The van der Waals surface area contributed by atoms with Crippen molar-refractivity contribution in [2.24, 2.45) is 0 Å². The maximum Gasteiger partial charge on any atom is 0.265 e. The Labute approximate surface area is 197 Å². The zero-order valence-corrected chi connectivity index (χ0v) is 19.8. The largest absolute Gasteiger partial charge is 0.481 e. The average Bonchev–Trinajstić information content (AvgIpc) is 2.75. The van der Waals surface area contributed by atoms with Crippen molar-refractivity contribution in [2.45, 2.75) is 31.3 Å². The van der Waals surface area contributed by atoms with Gasteiger partial charge in [0.15, 0.2) is 6.10 Å². The monoisotopic (exact) mass is 492 g/mol. The van der Waals surface area contributed by atoms with Gasteiger partial charge in [-0.3, -0.25) is 9.52 Å². The van der Waals surface area contributed by atoms with E-state index in [1.807, 2.05) is 6.92 Å². The Hall–Kier alpha value is -2.74. The molecule has 0 unspecified atom stereocenters. The SMILES string of the molecule is CC[C@@H](Oc1cccc(Cl)c1)C(=O)Nc1ccc(S(=O)(=O)Nc2cccc(Cl)c2C)cc1. The molecule has 0 aliphatic heterocycles. The van der Waals surface area contributed by atoms with Crippen molar-refractivity contribution in [3.8, 4) is 5.75 Å². The number of benzene rings is 3. The summed E-state index contributed by atoms with van der Waals surface area (Å²) < 4.78 is 33.7. The third-order valence-corrected chi connectivity index (χ3v) is 6.71. The molecule has 3 aromatic carbocycles. The summed E-state index contributed by atoms with van der Waals surface area (Å²) in [5.41, 5.74) is 1.48. The lowest BCUT2D eigenvalue weighted by atomic mass is 10.2. The van der Waals surface area contributed by atoms with E-state index in [1.54, 1.807) is 49.4 Å². The molecule has 0 bridgehead atoms. The Bertz CT molecular complexity index is 1210. The highest BCUT2D eigenvalue weighted by molar-refractivity contribution is 7.92. The van der Waals surface area contributed by atoms with Crippen molar-refractivity contribution >= 4 is 50.5 Å². The minimum absolute atomic E-state index is 0.0529. The molecule has 1 atom stereocenters. The first kappa shape index (κ1) is 23.9. The predicted molar refractivity (Wildman–Crippen MR) is 128 cm³/mol. The first-order valence-electron chi connectivity index (χ1n) is 9.80. The average molecular weight is 493 g/mol. The van der Waals surface area contributed by atoms with Gasteiger partial charge in [0.25, 0.3) is 15.9 Å². The highest BCUT2D eigenvalue weighted by atomic mass is 35.5. The van der Waals surface area contributed by atoms with Gasteiger partial charge in [-0.15, -0.1) is 0 Å². The summed E-state index contributed by atoms with van der Waals surface area (Å²) in [5, 5.41) is 3.72. The fraction of sp³-hybridized carbons (Fsp3) is 0.174. The molecule has 32 heavy (non-hydrogen) atoms. The second-order valence-corrected chi connectivity index (χ2v) is 9.53. The lowest BCUT2D eigenvalue weighted by Crippen LogP contribution is -2.32. The van der Waals surface area contributed by atoms with E-state index < -0.39 is 16.1 Å². The summed E-state index contributed by atoms with van der Waals surface area (Å²) >= 11 is 12.0. The van der Waals surface area contributed by atoms with Crippen LogP contribution in [-0.4, -0.2) is 20.4 Å². The summed E-state index contributed by atoms with van der Waals surface area (Å²) in [6.45, 7) is 3.56. The molecule has 0 saturated heterocycles. The standard InChI is InChI=1S/C23H22Cl2N2O4S/c1-3-22(31-18-7-4-6-16(24)14-18)23(28)26-17-10-12-19(13-11-17)32(29,30)27-21-9-5-8-20(25)15(21)2/h4-14,22,27H,3H2,1-2H3,(H,26,28)/t22-/m1/s1. The third-order valence-electron chi connectivity index (χ3n) is 4.68. The zero-order chi connectivity index (χ0) is 23.3. The molecule has 0 heterocycles. The molecule has 1 amide bonds. The lowest BCUT2D eigenvalue weighted by Gasteiger charge is -2.17. The number of anilines is 2. The Balaban J connectivity index is 1.69. The highest BCUT2D eigenvalue weighted by Gasteiger charge is 2.20. The maximum atomic E-state index is 12.7. The van der Waals surface area contributed by atoms with E-state index in [1.165, 1.54) is 24.3 Å². The quantitative estimate of drug-likeness (QED) is 0.409. The molecule has 2 N–H and O–H groups in total. The molecule has 0 aliphatic carbocycles. The summed E-state index contributed by atoms with van der Waals surface area (Å²) in [7, 11) is -3.82. The van der Waals surface area contributed by atoms with Crippen molar-refractivity contribution in [3.63, 3.8) is 0 Å². The summed E-state index contributed by atoms with van der Waals surface area (Å²) in [5.74, 6) is 0.138. The Morgan fingerprint density at radius 2 is 1.72 bits per heavy atom. The van der Waals surface area contributed by atoms with E-state index >= 15 is 0 Å². The lowest BCUT2D eigenvalue weighted by molar-refractivity contribution is -0.122. The Kier molecular flexibility index (Phi) is 7.66. The Morgan fingerprint density at radius 1 is 1.03 bits per heavy atom. The third kappa shape index (κ3) is 5.94. The molecule has 0 radical (unpaired) electrons. The minimum atomic E-state index is -3.82. The van der Waals surface area contributed by atoms with Gasteiger partial charge >= 0.3 is 0 Å². The van der Waals surface area contributed by atoms with Gasteiger partial charge in [-0.2, -0.15) is 0 Å². The van der Waals surface area contributed by atoms with Gasteiger partial charge in [0.2, 0.25) is 0 Å². The molecule has 0 saturated carbocycles. The van der Waals surface area contributed by atoms with E-state index in [0.717, 1.165) is 0 Å². The van der Waals surface area contributed by atoms with Crippen LogP contribution < -0.4 is 14.8 Å². The van der Waals surface area contributed by atoms with Crippen molar-refractivity contribution < 1.29 is 17.9 Å². The fourth-order valence-corrected chi connectivity index (χ4v) is 4.37.